The molecule has 0 bridgehead atoms. The summed E-state index contributed by atoms with van der Waals surface area (Å²) in [6.45, 7) is 2.09. The summed E-state index contributed by atoms with van der Waals surface area (Å²) in [7, 11) is 0. The maximum absolute atomic E-state index is 11.9. The van der Waals surface area contributed by atoms with Gasteiger partial charge in [-0.25, -0.2) is 9.78 Å². The van der Waals surface area contributed by atoms with Gasteiger partial charge in [0, 0.05) is 25.0 Å². The number of aryl methyl sites for hydroxylation is 1. The molecule has 0 unspecified atom stereocenters. The molecule has 2 amide bonds. The van der Waals surface area contributed by atoms with Crippen LogP contribution in [0.1, 0.15) is 24.8 Å². The molecule has 1 fully saturated rings. The van der Waals surface area contributed by atoms with E-state index in [9.17, 15) is 4.79 Å². The number of nitrogens with zero attached hydrogens (tertiary/aromatic N) is 3. The number of rotatable bonds is 7. The highest BCUT2D eigenvalue weighted by Gasteiger charge is 2.44. The van der Waals surface area contributed by atoms with E-state index < -0.39 is 0 Å². The van der Waals surface area contributed by atoms with Crippen LogP contribution in [0.25, 0.3) is 0 Å². The van der Waals surface area contributed by atoms with Crippen molar-refractivity contribution in [2.75, 3.05) is 13.1 Å². The molecule has 1 aliphatic rings. The first-order valence-corrected chi connectivity index (χ1v) is 7.68. The van der Waals surface area contributed by atoms with E-state index in [2.05, 4.69) is 45.0 Å². The van der Waals surface area contributed by atoms with Gasteiger partial charge in [-0.1, -0.05) is 30.3 Å². The van der Waals surface area contributed by atoms with Crippen LogP contribution >= 0.6 is 0 Å². The maximum Gasteiger partial charge on any atom is 0.314 e. The number of carbonyl (C=O) groups excluding carboxylic acids is 1. The Balaban J connectivity index is 1.36. The zero-order valence-corrected chi connectivity index (χ0v) is 12.5. The molecule has 22 heavy (non-hydrogen) atoms. The molecule has 1 heterocycles. The Labute approximate surface area is 129 Å². The molecule has 0 atom stereocenters. The number of amides is 2. The van der Waals surface area contributed by atoms with Crippen molar-refractivity contribution in [3.8, 4) is 0 Å². The van der Waals surface area contributed by atoms with E-state index in [0.717, 1.165) is 25.8 Å². The van der Waals surface area contributed by atoms with Crippen LogP contribution in [-0.4, -0.2) is 33.9 Å². The van der Waals surface area contributed by atoms with E-state index in [4.69, 9.17) is 0 Å². The number of aromatic nitrogens is 3. The van der Waals surface area contributed by atoms with Gasteiger partial charge in [-0.15, -0.1) is 0 Å². The second kappa shape index (κ2) is 6.60. The molecule has 0 radical (unpaired) electrons. The van der Waals surface area contributed by atoms with Crippen LogP contribution in [0.2, 0.25) is 0 Å². The minimum atomic E-state index is -0.0965. The fourth-order valence-corrected chi connectivity index (χ4v) is 2.61. The van der Waals surface area contributed by atoms with Crippen molar-refractivity contribution >= 4 is 6.03 Å². The van der Waals surface area contributed by atoms with Crippen LogP contribution in [0.5, 0.6) is 0 Å². The van der Waals surface area contributed by atoms with Crippen molar-refractivity contribution < 1.29 is 4.79 Å². The average molecular weight is 299 g/mol. The predicted molar refractivity (Wildman–Crippen MR) is 83.4 cm³/mol. The van der Waals surface area contributed by atoms with Gasteiger partial charge in [0.05, 0.1) is 0 Å². The number of hydrogen-bond acceptors (Lipinski definition) is 3. The largest absolute Gasteiger partial charge is 0.338 e. The summed E-state index contributed by atoms with van der Waals surface area (Å²) in [4.78, 5) is 15.7. The Morgan fingerprint density at radius 2 is 2.05 bits per heavy atom. The molecule has 0 saturated heterocycles. The van der Waals surface area contributed by atoms with Gasteiger partial charge in [-0.05, 0) is 24.8 Å². The third-order valence-electron chi connectivity index (χ3n) is 4.14. The Hall–Kier alpha value is -2.37. The highest BCUT2D eigenvalue weighted by Crippen LogP contribution is 2.47. The van der Waals surface area contributed by atoms with E-state index in [1.807, 2.05) is 6.07 Å². The first-order valence-electron chi connectivity index (χ1n) is 7.68. The van der Waals surface area contributed by atoms with Crippen molar-refractivity contribution in [3.63, 3.8) is 0 Å². The highest BCUT2D eigenvalue weighted by atomic mass is 16.2. The second-order valence-corrected chi connectivity index (χ2v) is 5.77. The van der Waals surface area contributed by atoms with Gasteiger partial charge in [-0.2, -0.15) is 5.10 Å². The normalized spacial score (nSPS) is 15.3. The van der Waals surface area contributed by atoms with Gasteiger partial charge < -0.3 is 10.6 Å². The van der Waals surface area contributed by atoms with E-state index in [1.165, 1.54) is 11.9 Å². The number of nitrogens with one attached hydrogen (secondary N) is 2. The topological polar surface area (TPSA) is 71.8 Å². The van der Waals surface area contributed by atoms with E-state index in [0.29, 0.717) is 13.1 Å². The van der Waals surface area contributed by atoms with Crippen molar-refractivity contribution in [2.24, 2.45) is 0 Å². The first kappa shape index (κ1) is 14.6. The monoisotopic (exact) mass is 299 g/mol. The predicted octanol–water partition coefficient (Wildman–Crippen LogP) is 1.70. The van der Waals surface area contributed by atoms with Crippen molar-refractivity contribution in [1.29, 1.82) is 0 Å². The fraction of sp³-hybridized carbons (Fsp3) is 0.438. The smallest absolute Gasteiger partial charge is 0.314 e. The number of benzene rings is 1. The lowest BCUT2D eigenvalue weighted by molar-refractivity contribution is 0.239. The van der Waals surface area contributed by atoms with Gasteiger partial charge in [0.15, 0.2) is 0 Å². The van der Waals surface area contributed by atoms with Crippen molar-refractivity contribution in [2.45, 2.75) is 31.2 Å². The molecule has 1 saturated carbocycles. The van der Waals surface area contributed by atoms with Gasteiger partial charge in [-0.3, -0.25) is 4.68 Å². The van der Waals surface area contributed by atoms with Crippen LogP contribution in [0.4, 0.5) is 4.79 Å². The summed E-state index contributed by atoms with van der Waals surface area (Å²) in [6.07, 6.45) is 6.31. The van der Waals surface area contributed by atoms with E-state index in [1.54, 1.807) is 11.0 Å². The molecule has 3 rings (SSSR count). The maximum atomic E-state index is 11.9. The van der Waals surface area contributed by atoms with Crippen LogP contribution in [0.15, 0.2) is 43.0 Å². The molecular weight excluding hydrogens is 278 g/mol. The van der Waals surface area contributed by atoms with Crippen molar-refractivity contribution in [3.05, 3.63) is 48.5 Å². The zero-order valence-electron chi connectivity index (χ0n) is 12.5. The van der Waals surface area contributed by atoms with Crippen LogP contribution in [0, 0.1) is 0 Å². The number of hydrogen-bond donors (Lipinski definition) is 2. The lowest BCUT2D eigenvalue weighted by Gasteiger charge is -2.17. The minimum absolute atomic E-state index is 0.0965. The Morgan fingerprint density at radius 1 is 1.23 bits per heavy atom. The lowest BCUT2D eigenvalue weighted by Crippen LogP contribution is -2.40. The quantitative estimate of drug-likeness (QED) is 0.764. The Kier molecular flexibility index (Phi) is 4.37. The third-order valence-corrected chi connectivity index (χ3v) is 4.14. The van der Waals surface area contributed by atoms with Gasteiger partial charge in [0.25, 0.3) is 0 Å². The molecule has 0 spiro atoms. The molecule has 6 heteroatoms. The molecule has 6 nitrogen and oxygen atoms in total. The van der Waals surface area contributed by atoms with E-state index in [-0.39, 0.29) is 11.4 Å². The summed E-state index contributed by atoms with van der Waals surface area (Å²) in [6, 6.07) is 10.3. The SMILES string of the molecule is O=C(NCCCn1cncn1)NCC1(c2ccccc2)CC1. The third kappa shape index (κ3) is 3.63. The Morgan fingerprint density at radius 3 is 2.73 bits per heavy atom. The molecule has 1 aliphatic carbocycles. The number of carbonyl (C=O) groups is 1. The molecule has 2 aromatic rings. The number of urea groups is 1. The van der Waals surface area contributed by atoms with Crippen LogP contribution in [-0.2, 0) is 12.0 Å². The molecule has 116 valence electrons. The summed E-state index contributed by atoms with van der Waals surface area (Å²) in [5, 5.41) is 9.90. The first-order chi connectivity index (χ1) is 10.8. The van der Waals surface area contributed by atoms with Gasteiger partial charge in [0.1, 0.15) is 12.7 Å². The summed E-state index contributed by atoms with van der Waals surface area (Å²) in [5.74, 6) is 0. The summed E-state index contributed by atoms with van der Waals surface area (Å²) < 4.78 is 1.76. The Bertz CT molecular complexity index is 592. The van der Waals surface area contributed by atoms with Crippen LogP contribution in [0.3, 0.4) is 0 Å². The fourth-order valence-electron chi connectivity index (χ4n) is 2.61. The molecular formula is C16H21N5O. The second-order valence-electron chi connectivity index (χ2n) is 5.77. The average Bonchev–Trinajstić information content (AvgIpc) is 3.18. The minimum Gasteiger partial charge on any atom is -0.338 e. The van der Waals surface area contributed by atoms with Crippen LogP contribution < -0.4 is 10.6 Å². The standard InChI is InChI=1S/C16H21N5O/c22-15(18-9-4-10-21-13-17-12-20-21)19-11-16(7-8-16)14-5-2-1-3-6-14/h1-3,5-6,12-13H,4,7-11H2,(H2,18,19,22). The van der Waals surface area contributed by atoms with Gasteiger partial charge >= 0.3 is 6.03 Å². The summed E-state index contributed by atoms with van der Waals surface area (Å²) >= 11 is 0. The van der Waals surface area contributed by atoms with Gasteiger partial charge in [0.2, 0.25) is 0 Å². The molecule has 1 aromatic heterocycles. The molecule has 1 aromatic carbocycles. The lowest BCUT2D eigenvalue weighted by atomic mass is 9.96. The zero-order chi connectivity index (χ0) is 15.3. The highest BCUT2D eigenvalue weighted by molar-refractivity contribution is 5.74. The summed E-state index contributed by atoms with van der Waals surface area (Å²) in [5.41, 5.74) is 1.47. The molecule has 0 aliphatic heterocycles. The van der Waals surface area contributed by atoms with Crippen molar-refractivity contribution in [1.82, 2.24) is 25.4 Å². The van der Waals surface area contributed by atoms with E-state index >= 15 is 0 Å². The molecule has 2 N–H and O–H groups in total.